The number of hydrogen-bond acceptors (Lipinski definition) is 8. The molecule has 1 amide bonds. The monoisotopic (exact) mass is 766 g/mol. The molecule has 2 N–H and O–H groups in total. The fraction of sp³-hybridized carbons (Fsp3) is 0.243. The van der Waals surface area contributed by atoms with Gasteiger partial charge in [-0.15, -0.1) is 17.0 Å². The van der Waals surface area contributed by atoms with Gasteiger partial charge in [0.1, 0.15) is 21.4 Å². The van der Waals surface area contributed by atoms with Crippen molar-refractivity contribution in [3.63, 3.8) is 0 Å². The molecule has 0 aliphatic carbocycles. The van der Waals surface area contributed by atoms with Crippen LogP contribution in [0.4, 0.5) is 18.9 Å². The molecule has 0 radical (unpaired) electrons. The van der Waals surface area contributed by atoms with Gasteiger partial charge in [-0.3, -0.25) is 14.2 Å². The lowest BCUT2D eigenvalue weighted by molar-refractivity contribution is -0.153. The number of pyridine rings is 1. The Morgan fingerprint density at radius 1 is 0.925 bits per heavy atom. The van der Waals surface area contributed by atoms with Gasteiger partial charge in [-0.1, -0.05) is 35.9 Å². The predicted octanol–water partition coefficient (Wildman–Crippen LogP) is 8.40. The fourth-order valence-electron chi connectivity index (χ4n) is 5.79. The van der Waals surface area contributed by atoms with Gasteiger partial charge in [0.05, 0.1) is 5.52 Å². The number of nitrogens with one attached hydrogen (secondary N) is 1. The number of thiophene rings is 1. The molecule has 1 fully saturated rings. The average molecular weight is 767 g/mol. The van der Waals surface area contributed by atoms with Crippen LogP contribution in [0.2, 0.25) is 0 Å². The third-order valence-corrected chi connectivity index (χ3v) is 10.9. The van der Waals surface area contributed by atoms with Crippen LogP contribution in [0.5, 0.6) is 17.4 Å². The molecule has 3 aromatic carbocycles. The number of benzene rings is 3. The Morgan fingerprint density at radius 3 is 2.30 bits per heavy atom. The second-order valence-electron chi connectivity index (χ2n) is 12.5. The van der Waals surface area contributed by atoms with E-state index in [-0.39, 0.29) is 15.9 Å². The number of piperazine rings is 1. The maximum absolute atomic E-state index is 13.4. The maximum atomic E-state index is 13.4. The molecule has 6 aromatic rings. The van der Waals surface area contributed by atoms with Crippen LogP contribution in [0.1, 0.15) is 21.6 Å². The minimum Gasteiger partial charge on any atom is -0.697 e. The van der Waals surface area contributed by atoms with Gasteiger partial charge in [0.25, 0.3) is 5.91 Å². The van der Waals surface area contributed by atoms with Gasteiger partial charge in [-0.25, -0.2) is 4.98 Å². The van der Waals surface area contributed by atoms with Crippen LogP contribution >= 0.6 is 11.3 Å². The number of aryl methyl sites for hydroxylation is 2. The normalized spacial score (nSPS) is 13.9. The van der Waals surface area contributed by atoms with Crippen LogP contribution in [-0.2, 0) is 23.7 Å². The highest BCUT2D eigenvalue weighted by molar-refractivity contribution is 7.88. The Kier molecular flexibility index (Phi) is 11.0. The van der Waals surface area contributed by atoms with Crippen molar-refractivity contribution in [2.75, 3.05) is 32.8 Å². The second kappa shape index (κ2) is 15.4. The molecule has 278 valence electrons. The van der Waals surface area contributed by atoms with Crippen molar-refractivity contribution in [2.24, 2.45) is 7.05 Å². The molecule has 0 bridgehead atoms. The van der Waals surface area contributed by atoms with E-state index in [9.17, 15) is 26.4 Å². The van der Waals surface area contributed by atoms with Crippen LogP contribution < -0.4 is 9.47 Å². The van der Waals surface area contributed by atoms with E-state index in [1.54, 1.807) is 36.4 Å². The molecule has 0 saturated carbocycles. The van der Waals surface area contributed by atoms with E-state index >= 15 is 0 Å². The Labute approximate surface area is 307 Å². The first-order chi connectivity index (χ1) is 25.1. The minimum absolute atomic E-state index is 0.00176. The lowest BCUT2D eigenvalue weighted by atomic mass is 10.2. The van der Waals surface area contributed by atoms with Gasteiger partial charge in [-0.2, -0.15) is 21.6 Å². The molecule has 3 aromatic heterocycles. The third kappa shape index (κ3) is 9.64. The van der Waals surface area contributed by atoms with Crippen molar-refractivity contribution < 1.29 is 40.4 Å². The third-order valence-electron chi connectivity index (χ3n) is 8.49. The number of ether oxygens (including phenoxy) is 2. The zero-order valence-electron chi connectivity index (χ0n) is 28.6. The molecule has 0 atom stereocenters. The standard InChI is InChI=1S/C28H27F3N5O3.C9H8O3S2/c1-34-24-15-23(39-26-9-5-21(32)16-33-26)8-4-20(24)14-25(34)27(37)36-12-10-35(11-13-36)17-19-2-6-22(7-3-19)38-18-28(29,30)31;1-6-2-3-8-7(4-6)5-9(13-8)14(10,11)12/h2-9,14-16,32H,10-13,17-18H2,1H3;2-5H,1H3,(H,10,11,12)/q-1;. The summed E-state index contributed by atoms with van der Waals surface area (Å²) in [7, 11) is -2.21. The van der Waals surface area contributed by atoms with Crippen molar-refractivity contribution in [3.05, 3.63) is 114 Å². The summed E-state index contributed by atoms with van der Waals surface area (Å²) in [6, 6.07) is 24.4. The lowest BCUT2D eigenvalue weighted by Crippen LogP contribution is -2.48. The van der Waals surface area contributed by atoms with Gasteiger partial charge in [0.2, 0.25) is 5.88 Å². The van der Waals surface area contributed by atoms with Crippen molar-refractivity contribution in [2.45, 2.75) is 23.9 Å². The van der Waals surface area contributed by atoms with Crippen LogP contribution in [0.15, 0.2) is 95.3 Å². The molecule has 0 unspecified atom stereocenters. The highest BCUT2D eigenvalue weighted by Crippen LogP contribution is 2.30. The van der Waals surface area contributed by atoms with Gasteiger partial charge in [-0.05, 0) is 66.4 Å². The number of carbonyl (C=O) groups excluding carboxylic acids is 1. The van der Waals surface area contributed by atoms with Crippen LogP contribution in [0.25, 0.3) is 26.7 Å². The number of fused-ring (bicyclic) bond motifs is 2. The van der Waals surface area contributed by atoms with E-state index in [1.807, 2.05) is 65.9 Å². The molecule has 16 heteroatoms. The average Bonchev–Trinajstić information content (AvgIpc) is 3.70. The second-order valence-corrected chi connectivity index (χ2v) is 15.2. The molecule has 53 heavy (non-hydrogen) atoms. The van der Waals surface area contributed by atoms with Gasteiger partial charge >= 0.3 is 16.3 Å². The zero-order chi connectivity index (χ0) is 37.9. The molecular weight excluding hydrogens is 732 g/mol. The van der Waals surface area contributed by atoms with Crippen molar-refractivity contribution >= 4 is 54.0 Å². The largest absolute Gasteiger partial charge is 0.697 e. The molecule has 1 aliphatic rings. The first-order valence-corrected chi connectivity index (χ1v) is 18.6. The van der Waals surface area contributed by atoms with E-state index in [4.69, 9.17) is 19.8 Å². The van der Waals surface area contributed by atoms with Crippen molar-refractivity contribution in [3.8, 4) is 17.4 Å². The molecule has 0 spiro atoms. The summed E-state index contributed by atoms with van der Waals surface area (Å²) in [4.78, 5) is 21.5. The summed E-state index contributed by atoms with van der Waals surface area (Å²) in [6.07, 6.45) is -2.95. The quantitative estimate of drug-likeness (QED) is 0.153. The first-order valence-electron chi connectivity index (χ1n) is 16.3. The summed E-state index contributed by atoms with van der Waals surface area (Å²) in [6.45, 7) is 3.77. The Hall–Kier alpha value is -5.16. The number of hydrogen-bond donors (Lipinski definition) is 1. The first kappa shape index (κ1) is 37.6. The molecule has 7 rings (SSSR count). The maximum Gasteiger partial charge on any atom is 0.422 e. The highest BCUT2D eigenvalue weighted by atomic mass is 32.3. The molecule has 1 aliphatic heterocycles. The Balaban J connectivity index is 0.000000286. The SMILES string of the molecule is Cc1ccc2sc(S(=O)(=O)O)cc2c1.Cn1c(C(=O)N2CCN(Cc3ccc(OCC(F)(F)F)cc3)CC2)cc2ccc(Oc3ccc([NH-])cn3)cc21. The van der Waals surface area contributed by atoms with E-state index in [0.717, 1.165) is 43.5 Å². The predicted molar refractivity (Wildman–Crippen MR) is 197 cm³/mol. The van der Waals surface area contributed by atoms with Gasteiger partial charge < -0.3 is 24.7 Å². The number of amides is 1. The van der Waals surface area contributed by atoms with Gasteiger partial charge in [0.15, 0.2) is 6.61 Å². The number of carbonyl (C=O) groups is 1. The molecule has 4 heterocycles. The lowest BCUT2D eigenvalue weighted by Gasteiger charge is -2.34. The molecular formula is C37H35F3N5O6S2-. The van der Waals surface area contributed by atoms with Crippen molar-refractivity contribution in [1.29, 1.82) is 0 Å². The molecule has 1 saturated heterocycles. The Bertz CT molecular complexity index is 2340. The topological polar surface area (TPSA) is 138 Å². The summed E-state index contributed by atoms with van der Waals surface area (Å²) in [5.41, 5.74) is 11.3. The van der Waals surface area contributed by atoms with Crippen LogP contribution in [0, 0.1) is 6.92 Å². The zero-order valence-corrected chi connectivity index (χ0v) is 30.3. The summed E-state index contributed by atoms with van der Waals surface area (Å²) in [5, 5.41) is 1.77. The minimum atomic E-state index is -4.37. The fourth-order valence-corrected chi connectivity index (χ4v) is 7.53. The smallest absolute Gasteiger partial charge is 0.422 e. The number of halogens is 3. The number of nitrogens with zero attached hydrogens (tertiary/aromatic N) is 4. The van der Waals surface area contributed by atoms with E-state index in [0.29, 0.717) is 55.7 Å². The van der Waals surface area contributed by atoms with Gasteiger partial charge in [0, 0.05) is 62.1 Å². The van der Waals surface area contributed by atoms with Crippen LogP contribution in [-0.4, -0.2) is 77.2 Å². The van der Waals surface area contributed by atoms with Crippen molar-refractivity contribution in [1.82, 2.24) is 19.4 Å². The number of rotatable bonds is 8. The number of aromatic nitrogens is 2. The highest BCUT2D eigenvalue weighted by Gasteiger charge is 2.28. The van der Waals surface area contributed by atoms with E-state index in [2.05, 4.69) is 9.88 Å². The van der Waals surface area contributed by atoms with Crippen LogP contribution in [0.3, 0.4) is 0 Å². The molecule has 11 nitrogen and oxygen atoms in total. The number of alkyl halides is 3. The summed E-state index contributed by atoms with van der Waals surface area (Å²) >= 11 is 1.07. The van der Waals surface area contributed by atoms with E-state index < -0.39 is 22.9 Å². The summed E-state index contributed by atoms with van der Waals surface area (Å²) in [5.74, 6) is 1.11. The summed E-state index contributed by atoms with van der Waals surface area (Å²) < 4.78 is 80.8. The van der Waals surface area contributed by atoms with E-state index in [1.165, 1.54) is 12.3 Å². The Morgan fingerprint density at radius 2 is 1.64 bits per heavy atom.